The molecule has 0 radical (unpaired) electrons. The summed E-state index contributed by atoms with van der Waals surface area (Å²) in [6.07, 6.45) is 2.44. The van der Waals surface area contributed by atoms with Gasteiger partial charge in [-0.3, -0.25) is 0 Å². The van der Waals surface area contributed by atoms with Crippen molar-refractivity contribution in [2.45, 2.75) is 17.4 Å². The number of carbonyl (C=O) groups is 1. The molecule has 22 heavy (non-hydrogen) atoms. The quantitative estimate of drug-likeness (QED) is 0.713. The Morgan fingerprint density at radius 3 is 2.50 bits per heavy atom. The molecular weight excluding hydrogens is 296 g/mol. The van der Waals surface area contributed by atoms with Crippen molar-refractivity contribution in [3.8, 4) is 0 Å². The van der Waals surface area contributed by atoms with Crippen LogP contribution in [0.4, 0.5) is 10.5 Å². The average Bonchev–Trinajstić information content (AvgIpc) is 2.56. The Morgan fingerprint density at radius 2 is 1.82 bits per heavy atom. The highest BCUT2D eigenvalue weighted by atomic mass is 32.2. The lowest BCUT2D eigenvalue weighted by molar-refractivity contribution is 0.239. The number of aliphatic hydroxyl groups excluding tert-OH is 1. The second-order valence-corrected chi connectivity index (χ2v) is 5.62. The molecule has 0 aliphatic heterocycles. The number of rotatable bonds is 6. The molecular formula is C17H20N2O2S. The van der Waals surface area contributed by atoms with Gasteiger partial charge in [0.1, 0.15) is 0 Å². The van der Waals surface area contributed by atoms with E-state index in [0.29, 0.717) is 6.42 Å². The first kappa shape index (κ1) is 16.4. The maximum Gasteiger partial charge on any atom is 0.319 e. The summed E-state index contributed by atoms with van der Waals surface area (Å²) >= 11 is 1.58. The predicted octanol–water partition coefficient (Wildman–Crippen LogP) is 3.65. The van der Waals surface area contributed by atoms with Gasteiger partial charge in [-0.15, -0.1) is 11.8 Å². The molecule has 0 bridgehead atoms. The highest BCUT2D eigenvalue weighted by molar-refractivity contribution is 7.98. The summed E-state index contributed by atoms with van der Waals surface area (Å²) in [6.45, 7) is 0.0151. The minimum Gasteiger partial charge on any atom is -0.396 e. The number of thioether (sulfide) groups is 1. The summed E-state index contributed by atoms with van der Waals surface area (Å²) in [5.74, 6) is 0. The van der Waals surface area contributed by atoms with E-state index < -0.39 is 0 Å². The molecule has 0 heterocycles. The van der Waals surface area contributed by atoms with E-state index in [1.807, 2.05) is 60.9 Å². The third-order valence-corrected chi connectivity index (χ3v) is 4.08. The number of hydrogen-bond donors (Lipinski definition) is 3. The van der Waals surface area contributed by atoms with Crippen molar-refractivity contribution in [1.29, 1.82) is 0 Å². The summed E-state index contributed by atoms with van der Waals surface area (Å²) in [7, 11) is 0. The Hall–Kier alpha value is -1.98. The van der Waals surface area contributed by atoms with Gasteiger partial charge < -0.3 is 15.7 Å². The van der Waals surface area contributed by atoms with Crippen LogP contribution < -0.4 is 10.6 Å². The highest BCUT2D eigenvalue weighted by Crippen LogP contribution is 2.24. The molecule has 0 aliphatic rings. The van der Waals surface area contributed by atoms with Crippen LogP contribution in [0.2, 0.25) is 0 Å². The zero-order valence-corrected chi connectivity index (χ0v) is 13.3. The van der Waals surface area contributed by atoms with Crippen LogP contribution in [0.5, 0.6) is 0 Å². The third kappa shape index (κ3) is 4.51. The number of urea groups is 1. The lowest BCUT2D eigenvalue weighted by atomic mass is 10.0. The topological polar surface area (TPSA) is 61.4 Å². The van der Waals surface area contributed by atoms with E-state index in [0.717, 1.165) is 16.1 Å². The SMILES string of the molecule is CSc1ccccc1NC(=O)N[C@H](CCO)c1ccccc1. The monoisotopic (exact) mass is 316 g/mol. The molecule has 2 aromatic carbocycles. The number of aliphatic hydroxyl groups is 1. The van der Waals surface area contributed by atoms with Gasteiger partial charge in [-0.05, 0) is 30.4 Å². The molecule has 3 N–H and O–H groups in total. The maximum absolute atomic E-state index is 12.2. The molecule has 0 aromatic heterocycles. The van der Waals surface area contributed by atoms with Gasteiger partial charge in [-0.25, -0.2) is 4.79 Å². The Balaban J connectivity index is 2.05. The first-order valence-corrected chi connectivity index (χ1v) is 8.33. The van der Waals surface area contributed by atoms with Gasteiger partial charge in [0.2, 0.25) is 0 Å². The number of benzene rings is 2. The van der Waals surface area contributed by atoms with Crippen LogP contribution in [0.15, 0.2) is 59.5 Å². The van der Waals surface area contributed by atoms with E-state index in [4.69, 9.17) is 0 Å². The van der Waals surface area contributed by atoms with Crippen LogP contribution in [-0.4, -0.2) is 24.0 Å². The molecule has 116 valence electrons. The van der Waals surface area contributed by atoms with E-state index in [-0.39, 0.29) is 18.7 Å². The third-order valence-electron chi connectivity index (χ3n) is 3.28. The normalized spacial score (nSPS) is 11.7. The van der Waals surface area contributed by atoms with Crippen LogP contribution in [-0.2, 0) is 0 Å². The Kier molecular flexibility index (Phi) is 6.30. The van der Waals surface area contributed by atoms with E-state index in [9.17, 15) is 9.90 Å². The molecule has 2 aromatic rings. The van der Waals surface area contributed by atoms with Gasteiger partial charge in [0, 0.05) is 11.5 Å². The van der Waals surface area contributed by atoms with Gasteiger partial charge in [0.15, 0.2) is 0 Å². The fourth-order valence-corrected chi connectivity index (χ4v) is 2.75. The maximum atomic E-state index is 12.2. The molecule has 0 spiro atoms. The first-order valence-electron chi connectivity index (χ1n) is 7.11. The Morgan fingerprint density at radius 1 is 1.14 bits per heavy atom. The fraction of sp³-hybridized carbons (Fsp3) is 0.235. The smallest absolute Gasteiger partial charge is 0.319 e. The minimum atomic E-state index is -0.274. The van der Waals surface area contributed by atoms with Crippen molar-refractivity contribution in [3.63, 3.8) is 0 Å². The average molecular weight is 316 g/mol. The van der Waals surface area contributed by atoms with Crippen LogP contribution in [0.25, 0.3) is 0 Å². The van der Waals surface area contributed by atoms with Gasteiger partial charge in [-0.2, -0.15) is 0 Å². The molecule has 1 atom stereocenters. The van der Waals surface area contributed by atoms with Crippen molar-refractivity contribution in [2.75, 3.05) is 18.2 Å². The molecule has 2 amide bonds. The number of anilines is 1. The molecule has 0 saturated heterocycles. The summed E-state index contributed by atoms with van der Waals surface area (Å²) in [6, 6.07) is 16.8. The standard InChI is InChI=1S/C17H20N2O2S/c1-22-16-10-6-5-9-15(16)19-17(21)18-14(11-12-20)13-7-3-2-4-8-13/h2-10,14,20H,11-12H2,1H3,(H2,18,19,21)/t14-/m1/s1. The highest BCUT2D eigenvalue weighted by Gasteiger charge is 2.14. The van der Waals surface area contributed by atoms with E-state index in [1.165, 1.54) is 0 Å². The second-order valence-electron chi connectivity index (χ2n) is 4.77. The number of amides is 2. The zero-order valence-electron chi connectivity index (χ0n) is 12.5. The molecule has 0 unspecified atom stereocenters. The first-order chi connectivity index (χ1) is 10.7. The van der Waals surface area contributed by atoms with Gasteiger partial charge in [-0.1, -0.05) is 42.5 Å². The van der Waals surface area contributed by atoms with Crippen LogP contribution in [0.1, 0.15) is 18.0 Å². The van der Waals surface area contributed by atoms with E-state index >= 15 is 0 Å². The van der Waals surface area contributed by atoms with Crippen molar-refractivity contribution >= 4 is 23.5 Å². The Labute approximate surface area is 134 Å². The van der Waals surface area contributed by atoms with Crippen molar-refractivity contribution in [2.24, 2.45) is 0 Å². The van der Waals surface area contributed by atoms with Crippen LogP contribution >= 0.6 is 11.8 Å². The molecule has 5 heteroatoms. The van der Waals surface area contributed by atoms with Crippen LogP contribution in [0.3, 0.4) is 0 Å². The van der Waals surface area contributed by atoms with Crippen molar-refractivity contribution < 1.29 is 9.90 Å². The van der Waals surface area contributed by atoms with Crippen molar-refractivity contribution in [3.05, 3.63) is 60.2 Å². The number of nitrogens with one attached hydrogen (secondary N) is 2. The minimum absolute atomic E-state index is 0.0151. The second kappa shape index (κ2) is 8.46. The number of carbonyl (C=O) groups excluding carboxylic acids is 1. The fourth-order valence-electron chi connectivity index (χ4n) is 2.20. The van der Waals surface area contributed by atoms with E-state index in [2.05, 4.69) is 10.6 Å². The lowest BCUT2D eigenvalue weighted by Gasteiger charge is -2.19. The largest absolute Gasteiger partial charge is 0.396 e. The van der Waals surface area contributed by atoms with Crippen LogP contribution in [0, 0.1) is 0 Å². The molecule has 2 rings (SSSR count). The van der Waals surface area contributed by atoms with Gasteiger partial charge in [0.05, 0.1) is 11.7 Å². The summed E-state index contributed by atoms with van der Waals surface area (Å²) < 4.78 is 0. The summed E-state index contributed by atoms with van der Waals surface area (Å²) in [5.41, 5.74) is 1.76. The predicted molar refractivity (Wildman–Crippen MR) is 91.3 cm³/mol. The van der Waals surface area contributed by atoms with E-state index in [1.54, 1.807) is 11.8 Å². The molecule has 4 nitrogen and oxygen atoms in total. The zero-order chi connectivity index (χ0) is 15.8. The Bertz CT molecular complexity index is 605. The summed E-state index contributed by atoms with van der Waals surface area (Å²) in [4.78, 5) is 13.2. The molecule has 0 fully saturated rings. The van der Waals surface area contributed by atoms with Gasteiger partial charge >= 0.3 is 6.03 Å². The van der Waals surface area contributed by atoms with Crippen molar-refractivity contribution in [1.82, 2.24) is 5.32 Å². The lowest BCUT2D eigenvalue weighted by Crippen LogP contribution is -2.33. The molecule has 0 saturated carbocycles. The molecule has 0 aliphatic carbocycles. The summed E-state index contributed by atoms with van der Waals surface area (Å²) in [5, 5.41) is 15.0. The number of hydrogen-bond acceptors (Lipinski definition) is 3. The number of para-hydroxylation sites is 1. The van der Waals surface area contributed by atoms with Gasteiger partial charge in [0.25, 0.3) is 0 Å².